The second-order valence-electron chi connectivity index (χ2n) is 4.21. The Morgan fingerprint density at radius 1 is 1.24 bits per heavy atom. The first kappa shape index (κ1) is 13.7. The lowest BCUT2D eigenvalue weighted by atomic mass is 9.77. The van der Waals surface area contributed by atoms with Crippen LogP contribution in [-0.2, 0) is 15.0 Å². The second-order valence-corrected chi connectivity index (χ2v) is 5.13. The molecule has 0 atom stereocenters. The van der Waals surface area contributed by atoms with E-state index in [1.807, 2.05) is 6.07 Å². The van der Waals surface area contributed by atoms with Gasteiger partial charge in [-0.15, -0.1) is 0 Å². The molecular formula is C12H13BrO4. The highest BCUT2D eigenvalue weighted by Crippen LogP contribution is 2.32. The molecule has 0 saturated carbocycles. The summed E-state index contributed by atoms with van der Waals surface area (Å²) < 4.78 is 0.803. The predicted octanol–water partition coefficient (Wildman–Crippen LogP) is 2.66. The Hall–Kier alpha value is -1.36. The van der Waals surface area contributed by atoms with Crippen molar-refractivity contribution in [1.29, 1.82) is 0 Å². The van der Waals surface area contributed by atoms with Crippen molar-refractivity contribution < 1.29 is 19.8 Å². The van der Waals surface area contributed by atoms with Crippen molar-refractivity contribution in [2.45, 2.75) is 25.2 Å². The van der Waals surface area contributed by atoms with Crippen LogP contribution in [0.4, 0.5) is 0 Å². The molecule has 0 bridgehead atoms. The Labute approximate surface area is 107 Å². The minimum Gasteiger partial charge on any atom is -0.481 e. The van der Waals surface area contributed by atoms with Crippen LogP contribution in [-0.4, -0.2) is 22.2 Å². The SMILES string of the molecule is CC(CC(=O)O)(CC(=O)O)c1cccc(Br)c1. The number of halogens is 1. The molecule has 0 amide bonds. The summed E-state index contributed by atoms with van der Waals surface area (Å²) in [5.74, 6) is -2.01. The summed E-state index contributed by atoms with van der Waals surface area (Å²) in [5.41, 5.74) is -0.196. The third-order valence-corrected chi connectivity index (χ3v) is 3.10. The number of hydrogen-bond donors (Lipinski definition) is 2. The molecule has 17 heavy (non-hydrogen) atoms. The van der Waals surface area contributed by atoms with Gasteiger partial charge in [0.05, 0.1) is 12.8 Å². The summed E-state index contributed by atoms with van der Waals surface area (Å²) in [6.07, 6.45) is -0.425. The van der Waals surface area contributed by atoms with Crippen molar-refractivity contribution in [3.8, 4) is 0 Å². The van der Waals surface area contributed by atoms with Crippen molar-refractivity contribution >= 4 is 27.9 Å². The number of carbonyl (C=O) groups is 2. The van der Waals surface area contributed by atoms with Gasteiger partial charge in [0, 0.05) is 9.89 Å². The van der Waals surface area contributed by atoms with Crippen LogP contribution in [0.15, 0.2) is 28.7 Å². The maximum atomic E-state index is 10.9. The van der Waals surface area contributed by atoms with Crippen LogP contribution in [0, 0.1) is 0 Å². The lowest BCUT2D eigenvalue weighted by molar-refractivity contribution is -0.141. The molecule has 0 radical (unpaired) electrons. The molecule has 1 aromatic rings. The first-order valence-electron chi connectivity index (χ1n) is 5.03. The molecule has 2 N–H and O–H groups in total. The van der Waals surface area contributed by atoms with Crippen LogP contribution < -0.4 is 0 Å². The van der Waals surface area contributed by atoms with E-state index in [0.29, 0.717) is 5.56 Å². The van der Waals surface area contributed by atoms with Gasteiger partial charge in [0.25, 0.3) is 0 Å². The van der Waals surface area contributed by atoms with Gasteiger partial charge in [0.15, 0.2) is 0 Å². The van der Waals surface area contributed by atoms with Crippen LogP contribution in [0.3, 0.4) is 0 Å². The van der Waals surface area contributed by atoms with Crippen LogP contribution in [0.2, 0.25) is 0 Å². The van der Waals surface area contributed by atoms with Gasteiger partial charge in [-0.2, -0.15) is 0 Å². The summed E-state index contributed by atoms with van der Waals surface area (Å²) in [5, 5.41) is 17.8. The van der Waals surface area contributed by atoms with Gasteiger partial charge < -0.3 is 10.2 Å². The Balaban J connectivity index is 3.13. The van der Waals surface area contributed by atoms with E-state index in [1.54, 1.807) is 25.1 Å². The maximum Gasteiger partial charge on any atom is 0.304 e. The summed E-state index contributed by atoms with van der Waals surface area (Å²) in [4.78, 5) is 21.7. The van der Waals surface area contributed by atoms with E-state index in [1.165, 1.54) is 0 Å². The average Bonchev–Trinajstić information content (AvgIpc) is 2.14. The molecule has 4 nitrogen and oxygen atoms in total. The number of rotatable bonds is 5. The van der Waals surface area contributed by atoms with Crippen LogP contribution >= 0.6 is 15.9 Å². The highest BCUT2D eigenvalue weighted by Gasteiger charge is 2.32. The van der Waals surface area contributed by atoms with Crippen LogP contribution in [0.25, 0.3) is 0 Å². The fourth-order valence-corrected chi connectivity index (χ4v) is 2.20. The smallest absolute Gasteiger partial charge is 0.304 e. The van der Waals surface area contributed by atoms with Crippen molar-refractivity contribution in [2.75, 3.05) is 0 Å². The highest BCUT2D eigenvalue weighted by molar-refractivity contribution is 9.10. The third-order valence-electron chi connectivity index (χ3n) is 2.60. The second kappa shape index (κ2) is 5.31. The highest BCUT2D eigenvalue weighted by atomic mass is 79.9. The van der Waals surface area contributed by atoms with E-state index in [4.69, 9.17) is 10.2 Å². The lowest BCUT2D eigenvalue weighted by Gasteiger charge is -2.26. The third kappa shape index (κ3) is 3.85. The van der Waals surface area contributed by atoms with Gasteiger partial charge in [-0.3, -0.25) is 9.59 Å². The van der Waals surface area contributed by atoms with E-state index in [0.717, 1.165) is 4.47 Å². The molecule has 0 fully saturated rings. The summed E-state index contributed by atoms with van der Waals surface area (Å²) in [6.45, 7) is 1.65. The van der Waals surface area contributed by atoms with Gasteiger partial charge in [-0.05, 0) is 17.7 Å². The molecule has 0 aromatic heterocycles. The summed E-state index contributed by atoms with van der Waals surface area (Å²) >= 11 is 3.29. The molecule has 0 heterocycles. The van der Waals surface area contributed by atoms with Gasteiger partial charge in [0.2, 0.25) is 0 Å². The monoisotopic (exact) mass is 300 g/mol. The number of carboxylic acid groups (broad SMARTS) is 2. The number of carboxylic acids is 2. The molecule has 0 saturated heterocycles. The number of benzene rings is 1. The van der Waals surface area contributed by atoms with Crippen molar-refractivity contribution in [3.63, 3.8) is 0 Å². The molecule has 0 aliphatic rings. The fraction of sp³-hybridized carbons (Fsp3) is 0.333. The molecule has 0 aliphatic heterocycles. The Morgan fingerprint density at radius 2 is 1.76 bits per heavy atom. The van der Waals surface area contributed by atoms with Gasteiger partial charge in [0.1, 0.15) is 0 Å². The van der Waals surface area contributed by atoms with Crippen LogP contribution in [0.5, 0.6) is 0 Å². The Kier molecular flexibility index (Phi) is 4.28. The predicted molar refractivity (Wildman–Crippen MR) is 66.0 cm³/mol. The lowest BCUT2D eigenvalue weighted by Crippen LogP contribution is -2.29. The van der Waals surface area contributed by atoms with Crippen molar-refractivity contribution in [2.24, 2.45) is 0 Å². The van der Waals surface area contributed by atoms with E-state index >= 15 is 0 Å². The average molecular weight is 301 g/mol. The minimum atomic E-state index is -1.01. The van der Waals surface area contributed by atoms with Crippen molar-refractivity contribution in [3.05, 3.63) is 34.3 Å². The molecule has 0 aliphatic carbocycles. The number of hydrogen-bond acceptors (Lipinski definition) is 2. The van der Waals surface area contributed by atoms with Gasteiger partial charge >= 0.3 is 11.9 Å². The Morgan fingerprint density at radius 3 is 2.18 bits per heavy atom. The fourth-order valence-electron chi connectivity index (χ4n) is 1.80. The molecule has 0 unspecified atom stereocenters. The topological polar surface area (TPSA) is 74.6 Å². The minimum absolute atomic E-state index is 0.213. The number of aliphatic carboxylic acids is 2. The zero-order chi connectivity index (χ0) is 13.1. The first-order chi connectivity index (χ1) is 7.83. The van der Waals surface area contributed by atoms with E-state index in [2.05, 4.69) is 15.9 Å². The molecule has 5 heteroatoms. The van der Waals surface area contributed by atoms with Crippen molar-refractivity contribution in [1.82, 2.24) is 0 Å². The van der Waals surface area contributed by atoms with Gasteiger partial charge in [-0.25, -0.2) is 0 Å². The van der Waals surface area contributed by atoms with Crippen LogP contribution in [0.1, 0.15) is 25.3 Å². The Bertz CT molecular complexity index is 426. The van der Waals surface area contributed by atoms with E-state index in [9.17, 15) is 9.59 Å². The first-order valence-corrected chi connectivity index (χ1v) is 5.82. The maximum absolute atomic E-state index is 10.9. The molecule has 1 aromatic carbocycles. The van der Waals surface area contributed by atoms with E-state index < -0.39 is 17.4 Å². The zero-order valence-electron chi connectivity index (χ0n) is 9.31. The standard InChI is InChI=1S/C12H13BrO4/c1-12(6-10(14)15,7-11(16)17)8-3-2-4-9(13)5-8/h2-5H,6-7H2,1H3,(H,14,15)(H,16,17). The zero-order valence-corrected chi connectivity index (χ0v) is 10.9. The summed E-state index contributed by atoms with van der Waals surface area (Å²) in [7, 11) is 0. The molecule has 0 spiro atoms. The normalized spacial score (nSPS) is 11.2. The molecule has 1 rings (SSSR count). The van der Waals surface area contributed by atoms with Gasteiger partial charge in [-0.1, -0.05) is 35.0 Å². The quantitative estimate of drug-likeness (QED) is 0.876. The van der Waals surface area contributed by atoms with E-state index in [-0.39, 0.29) is 12.8 Å². The molecular weight excluding hydrogens is 288 g/mol. The molecule has 92 valence electrons. The largest absolute Gasteiger partial charge is 0.481 e. The summed E-state index contributed by atoms with van der Waals surface area (Å²) in [6, 6.07) is 7.08.